The number of nitrogens with one attached hydrogen (secondary N) is 3. The van der Waals surface area contributed by atoms with E-state index in [1.807, 2.05) is 17.5 Å². The summed E-state index contributed by atoms with van der Waals surface area (Å²) in [5.74, 6) is -2.31. The van der Waals surface area contributed by atoms with Crippen molar-refractivity contribution < 1.29 is 14.4 Å². The maximum Gasteiger partial charge on any atom is 0.313 e. The van der Waals surface area contributed by atoms with Crippen LogP contribution in [-0.2, 0) is 19.8 Å². The van der Waals surface area contributed by atoms with Crippen LogP contribution in [-0.4, -0.2) is 30.8 Å². The van der Waals surface area contributed by atoms with Gasteiger partial charge >= 0.3 is 11.8 Å². The van der Waals surface area contributed by atoms with Crippen molar-refractivity contribution in [1.82, 2.24) is 10.6 Å². The van der Waals surface area contributed by atoms with E-state index in [0.717, 1.165) is 25.7 Å². The van der Waals surface area contributed by atoms with Crippen LogP contribution in [0.25, 0.3) is 0 Å². The second-order valence-electron chi connectivity index (χ2n) is 7.18. The standard InChI is InChI=1S/C21H21ClN4O3S/c22-15-6-5-14(11-23)16(10-15)26-20(29)19(28)24-12-18(27)25-13-21(7-1-2-8-21)17-4-3-9-30-17/h3-6,9-10H,1-2,7-8,12-13H2,(H,24,28)(H,25,27)(H,26,29). The topological polar surface area (TPSA) is 111 Å². The van der Waals surface area contributed by atoms with E-state index in [4.69, 9.17) is 16.9 Å². The first-order valence-corrected chi connectivity index (χ1v) is 10.8. The van der Waals surface area contributed by atoms with Crippen LogP contribution in [0.2, 0.25) is 5.02 Å². The van der Waals surface area contributed by atoms with Gasteiger partial charge < -0.3 is 16.0 Å². The zero-order valence-corrected chi connectivity index (χ0v) is 17.7. The summed E-state index contributed by atoms with van der Waals surface area (Å²) in [5.41, 5.74) is 0.258. The van der Waals surface area contributed by atoms with Crippen LogP contribution in [0.1, 0.15) is 36.1 Å². The number of halogens is 1. The van der Waals surface area contributed by atoms with Crippen molar-refractivity contribution in [3.05, 3.63) is 51.2 Å². The van der Waals surface area contributed by atoms with Crippen LogP contribution in [0.15, 0.2) is 35.7 Å². The van der Waals surface area contributed by atoms with Crippen LogP contribution < -0.4 is 16.0 Å². The number of thiophene rings is 1. The molecule has 3 amide bonds. The molecule has 7 nitrogen and oxygen atoms in total. The van der Waals surface area contributed by atoms with Gasteiger partial charge in [0, 0.05) is 21.9 Å². The van der Waals surface area contributed by atoms with Crippen LogP contribution in [0.4, 0.5) is 5.69 Å². The second-order valence-corrected chi connectivity index (χ2v) is 8.56. The molecule has 0 atom stereocenters. The summed E-state index contributed by atoms with van der Waals surface area (Å²) >= 11 is 7.55. The number of carbonyl (C=O) groups is 3. The summed E-state index contributed by atoms with van der Waals surface area (Å²) in [6.45, 7) is 0.190. The van der Waals surface area contributed by atoms with Gasteiger partial charge in [0.2, 0.25) is 5.91 Å². The number of nitriles is 1. The van der Waals surface area contributed by atoms with Crippen molar-refractivity contribution in [3.8, 4) is 6.07 Å². The van der Waals surface area contributed by atoms with E-state index in [0.29, 0.717) is 11.6 Å². The van der Waals surface area contributed by atoms with Crippen molar-refractivity contribution in [3.63, 3.8) is 0 Å². The number of hydrogen-bond acceptors (Lipinski definition) is 5. The molecule has 1 aliphatic rings. The average molecular weight is 445 g/mol. The Kier molecular flexibility index (Phi) is 7.08. The summed E-state index contributed by atoms with van der Waals surface area (Å²) in [4.78, 5) is 37.6. The Morgan fingerprint density at radius 3 is 2.57 bits per heavy atom. The number of nitrogens with zero attached hydrogens (tertiary/aromatic N) is 1. The normalized spacial score (nSPS) is 14.5. The highest BCUT2D eigenvalue weighted by Gasteiger charge is 2.36. The van der Waals surface area contributed by atoms with Gasteiger partial charge in [-0.2, -0.15) is 5.26 Å². The first kappa shape index (κ1) is 21.8. The van der Waals surface area contributed by atoms with E-state index in [1.54, 1.807) is 11.3 Å². The SMILES string of the molecule is N#Cc1ccc(Cl)cc1NC(=O)C(=O)NCC(=O)NCC1(c2cccs2)CCCC1. The van der Waals surface area contributed by atoms with E-state index in [-0.39, 0.29) is 29.1 Å². The molecule has 1 aliphatic carbocycles. The molecule has 3 rings (SSSR count). The van der Waals surface area contributed by atoms with E-state index < -0.39 is 11.8 Å². The molecule has 0 unspecified atom stereocenters. The molecule has 0 saturated heterocycles. The average Bonchev–Trinajstić information content (AvgIpc) is 3.43. The summed E-state index contributed by atoms with van der Waals surface area (Å²) < 4.78 is 0. The lowest BCUT2D eigenvalue weighted by molar-refractivity contribution is -0.136. The number of rotatable bonds is 6. The fourth-order valence-electron chi connectivity index (χ4n) is 3.61. The predicted octanol–water partition coefficient (Wildman–Crippen LogP) is 2.96. The maximum absolute atomic E-state index is 12.2. The lowest BCUT2D eigenvalue weighted by atomic mass is 9.84. The molecule has 30 heavy (non-hydrogen) atoms. The lowest BCUT2D eigenvalue weighted by Gasteiger charge is -2.28. The number of amides is 3. The monoisotopic (exact) mass is 444 g/mol. The zero-order chi connectivity index (χ0) is 21.6. The molecular formula is C21H21ClN4O3S. The van der Waals surface area contributed by atoms with Gasteiger partial charge in [-0.15, -0.1) is 11.3 Å². The van der Waals surface area contributed by atoms with Crippen molar-refractivity contribution in [2.75, 3.05) is 18.4 Å². The fraction of sp³-hybridized carbons (Fsp3) is 0.333. The summed E-state index contributed by atoms with van der Waals surface area (Å²) in [5, 5.41) is 19.0. The van der Waals surface area contributed by atoms with Crippen molar-refractivity contribution in [2.24, 2.45) is 0 Å². The first-order chi connectivity index (χ1) is 14.4. The van der Waals surface area contributed by atoms with Gasteiger partial charge in [0.15, 0.2) is 0 Å². The molecule has 0 radical (unpaired) electrons. The Morgan fingerprint density at radius 1 is 1.13 bits per heavy atom. The largest absolute Gasteiger partial charge is 0.354 e. The first-order valence-electron chi connectivity index (χ1n) is 9.53. The molecule has 1 aromatic carbocycles. The number of anilines is 1. The highest BCUT2D eigenvalue weighted by molar-refractivity contribution is 7.10. The van der Waals surface area contributed by atoms with E-state index in [2.05, 4.69) is 22.0 Å². The van der Waals surface area contributed by atoms with Gasteiger partial charge in [-0.25, -0.2) is 0 Å². The Hall–Kier alpha value is -2.89. The molecule has 1 saturated carbocycles. The minimum atomic E-state index is -0.979. The fourth-order valence-corrected chi connectivity index (χ4v) is 4.77. The minimum Gasteiger partial charge on any atom is -0.354 e. The number of hydrogen-bond donors (Lipinski definition) is 3. The Morgan fingerprint density at radius 2 is 1.90 bits per heavy atom. The van der Waals surface area contributed by atoms with Gasteiger partial charge in [0.25, 0.3) is 0 Å². The third kappa shape index (κ3) is 5.17. The second kappa shape index (κ2) is 9.74. The molecule has 156 valence electrons. The molecule has 1 fully saturated rings. The quantitative estimate of drug-likeness (QED) is 0.594. The molecule has 1 heterocycles. The lowest BCUT2D eigenvalue weighted by Crippen LogP contribution is -2.45. The smallest absolute Gasteiger partial charge is 0.313 e. The molecular weight excluding hydrogens is 424 g/mol. The Labute approximate surface area is 183 Å². The van der Waals surface area contributed by atoms with Crippen molar-refractivity contribution in [1.29, 1.82) is 5.26 Å². The van der Waals surface area contributed by atoms with Gasteiger partial charge in [-0.3, -0.25) is 14.4 Å². The number of carbonyl (C=O) groups excluding carboxylic acids is 3. The molecule has 1 aromatic heterocycles. The third-order valence-electron chi connectivity index (χ3n) is 5.19. The summed E-state index contributed by atoms with van der Waals surface area (Å²) in [6.07, 6.45) is 4.28. The molecule has 2 aromatic rings. The van der Waals surface area contributed by atoms with Gasteiger partial charge in [-0.05, 0) is 42.5 Å². The van der Waals surface area contributed by atoms with Crippen LogP contribution in [0, 0.1) is 11.3 Å². The maximum atomic E-state index is 12.2. The predicted molar refractivity (Wildman–Crippen MR) is 115 cm³/mol. The Balaban J connectivity index is 1.50. The van der Waals surface area contributed by atoms with Crippen molar-refractivity contribution in [2.45, 2.75) is 31.1 Å². The van der Waals surface area contributed by atoms with Crippen LogP contribution in [0.3, 0.4) is 0 Å². The minimum absolute atomic E-state index is 0.0501. The van der Waals surface area contributed by atoms with Gasteiger partial charge in [-0.1, -0.05) is 30.5 Å². The molecule has 9 heteroatoms. The van der Waals surface area contributed by atoms with E-state index in [1.165, 1.54) is 23.1 Å². The zero-order valence-electron chi connectivity index (χ0n) is 16.2. The molecule has 3 N–H and O–H groups in total. The van der Waals surface area contributed by atoms with Crippen molar-refractivity contribution >= 4 is 46.3 Å². The van der Waals surface area contributed by atoms with E-state index in [9.17, 15) is 14.4 Å². The summed E-state index contributed by atoms with van der Waals surface area (Å²) in [7, 11) is 0. The molecule has 0 spiro atoms. The highest BCUT2D eigenvalue weighted by atomic mass is 35.5. The van der Waals surface area contributed by atoms with E-state index >= 15 is 0 Å². The molecule has 0 aliphatic heterocycles. The number of benzene rings is 1. The third-order valence-corrected chi connectivity index (χ3v) is 6.55. The molecule has 0 bridgehead atoms. The summed E-state index contributed by atoms with van der Waals surface area (Å²) in [6, 6.07) is 10.3. The highest BCUT2D eigenvalue weighted by Crippen LogP contribution is 2.42. The van der Waals surface area contributed by atoms with Gasteiger partial charge in [0.05, 0.1) is 17.8 Å². The van der Waals surface area contributed by atoms with Crippen LogP contribution in [0.5, 0.6) is 0 Å². The van der Waals surface area contributed by atoms with Crippen LogP contribution >= 0.6 is 22.9 Å². The van der Waals surface area contributed by atoms with Gasteiger partial charge in [0.1, 0.15) is 6.07 Å². The Bertz CT molecular complexity index is 979.